The van der Waals surface area contributed by atoms with Gasteiger partial charge < -0.3 is 11.1 Å². The van der Waals surface area contributed by atoms with Crippen LogP contribution in [0.3, 0.4) is 0 Å². The van der Waals surface area contributed by atoms with Crippen LogP contribution in [-0.4, -0.2) is 5.91 Å². The number of nitrogen functional groups attached to an aromatic ring is 1. The lowest BCUT2D eigenvalue weighted by Gasteiger charge is -2.12. The molecule has 1 heterocycles. The van der Waals surface area contributed by atoms with E-state index in [1.165, 1.54) is 0 Å². The van der Waals surface area contributed by atoms with Crippen molar-refractivity contribution in [2.45, 2.75) is 19.4 Å². The lowest BCUT2D eigenvalue weighted by molar-refractivity contribution is -0.122. The normalized spacial score (nSPS) is 12.1. The average molecular weight is 260 g/mol. The van der Waals surface area contributed by atoms with Gasteiger partial charge in [-0.25, -0.2) is 0 Å². The fraction of sp³-hybridized carbons (Fsp3) is 0.214. The van der Waals surface area contributed by atoms with E-state index in [1.807, 2.05) is 48.7 Å². The molecular formula is C14H16N2OS. The van der Waals surface area contributed by atoms with E-state index in [2.05, 4.69) is 5.32 Å². The molecule has 0 aliphatic carbocycles. The zero-order chi connectivity index (χ0) is 13.0. The Balaban J connectivity index is 1.96. The SMILES string of the molecule is CC(C(=O)NCc1cccs1)c1cccc(N)c1. The van der Waals surface area contributed by atoms with Crippen molar-refractivity contribution in [2.75, 3.05) is 5.73 Å². The molecule has 18 heavy (non-hydrogen) atoms. The van der Waals surface area contributed by atoms with E-state index in [0.29, 0.717) is 12.2 Å². The molecule has 3 nitrogen and oxygen atoms in total. The molecule has 1 amide bonds. The van der Waals surface area contributed by atoms with Gasteiger partial charge in [0.05, 0.1) is 12.5 Å². The first-order valence-electron chi connectivity index (χ1n) is 5.82. The summed E-state index contributed by atoms with van der Waals surface area (Å²) in [6.45, 7) is 2.47. The van der Waals surface area contributed by atoms with E-state index < -0.39 is 0 Å². The molecule has 2 rings (SSSR count). The Morgan fingerprint density at radius 1 is 1.39 bits per heavy atom. The van der Waals surface area contributed by atoms with E-state index in [0.717, 1.165) is 10.4 Å². The van der Waals surface area contributed by atoms with Crippen molar-refractivity contribution < 1.29 is 4.79 Å². The second-order valence-electron chi connectivity index (χ2n) is 4.19. The maximum atomic E-state index is 12.0. The van der Waals surface area contributed by atoms with Crippen molar-refractivity contribution in [1.29, 1.82) is 0 Å². The maximum Gasteiger partial charge on any atom is 0.227 e. The van der Waals surface area contributed by atoms with Crippen LogP contribution in [0, 0.1) is 0 Å². The molecule has 2 aromatic rings. The van der Waals surface area contributed by atoms with E-state index in [1.54, 1.807) is 11.3 Å². The van der Waals surface area contributed by atoms with Crippen LogP contribution in [0.2, 0.25) is 0 Å². The van der Waals surface area contributed by atoms with Gasteiger partial charge in [-0.1, -0.05) is 18.2 Å². The molecule has 0 fully saturated rings. The smallest absolute Gasteiger partial charge is 0.227 e. The van der Waals surface area contributed by atoms with Crippen LogP contribution >= 0.6 is 11.3 Å². The molecule has 1 aromatic heterocycles. The second-order valence-corrected chi connectivity index (χ2v) is 5.22. The van der Waals surface area contributed by atoms with Crippen LogP contribution in [0.5, 0.6) is 0 Å². The van der Waals surface area contributed by atoms with Crippen molar-refractivity contribution in [2.24, 2.45) is 0 Å². The van der Waals surface area contributed by atoms with Crippen LogP contribution < -0.4 is 11.1 Å². The predicted molar refractivity (Wildman–Crippen MR) is 75.4 cm³/mol. The predicted octanol–water partition coefficient (Wildman–Crippen LogP) is 2.75. The Kier molecular flexibility index (Phi) is 3.99. The van der Waals surface area contributed by atoms with Crippen molar-refractivity contribution in [3.8, 4) is 0 Å². The number of benzene rings is 1. The van der Waals surface area contributed by atoms with Gasteiger partial charge in [0.1, 0.15) is 0 Å². The van der Waals surface area contributed by atoms with Crippen LogP contribution in [0.1, 0.15) is 23.3 Å². The molecule has 0 spiro atoms. The molecular weight excluding hydrogens is 244 g/mol. The first kappa shape index (κ1) is 12.6. The highest BCUT2D eigenvalue weighted by atomic mass is 32.1. The minimum atomic E-state index is -0.187. The third kappa shape index (κ3) is 3.11. The summed E-state index contributed by atoms with van der Waals surface area (Å²) < 4.78 is 0. The number of carbonyl (C=O) groups excluding carboxylic acids is 1. The summed E-state index contributed by atoms with van der Waals surface area (Å²) in [4.78, 5) is 13.2. The molecule has 1 aromatic carbocycles. The molecule has 4 heteroatoms. The van der Waals surface area contributed by atoms with Gasteiger partial charge in [-0.15, -0.1) is 11.3 Å². The van der Waals surface area contributed by atoms with Gasteiger partial charge in [-0.3, -0.25) is 4.79 Å². The average Bonchev–Trinajstić information content (AvgIpc) is 2.88. The fourth-order valence-electron chi connectivity index (χ4n) is 1.72. The number of hydrogen-bond acceptors (Lipinski definition) is 3. The highest BCUT2D eigenvalue weighted by Crippen LogP contribution is 2.18. The molecule has 0 bridgehead atoms. The highest BCUT2D eigenvalue weighted by Gasteiger charge is 2.14. The van der Waals surface area contributed by atoms with Crippen molar-refractivity contribution >= 4 is 22.9 Å². The van der Waals surface area contributed by atoms with Gasteiger partial charge in [0.25, 0.3) is 0 Å². The zero-order valence-electron chi connectivity index (χ0n) is 10.2. The molecule has 0 saturated heterocycles. The standard InChI is InChI=1S/C14H16N2OS/c1-10(11-4-2-5-12(15)8-11)14(17)16-9-13-6-3-7-18-13/h2-8,10H,9,15H2,1H3,(H,16,17). The van der Waals surface area contributed by atoms with Gasteiger partial charge in [0, 0.05) is 10.6 Å². The first-order valence-corrected chi connectivity index (χ1v) is 6.70. The first-order chi connectivity index (χ1) is 8.66. The topological polar surface area (TPSA) is 55.1 Å². The van der Waals surface area contributed by atoms with Crippen molar-refractivity contribution in [1.82, 2.24) is 5.32 Å². The molecule has 0 radical (unpaired) electrons. The largest absolute Gasteiger partial charge is 0.399 e. The third-order valence-corrected chi connectivity index (χ3v) is 3.70. The summed E-state index contributed by atoms with van der Waals surface area (Å²) in [5.74, 6) is -0.164. The van der Waals surface area contributed by atoms with E-state index in [-0.39, 0.29) is 11.8 Å². The van der Waals surface area contributed by atoms with Crippen LogP contribution in [0.4, 0.5) is 5.69 Å². The number of nitrogens with one attached hydrogen (secondary N) is 1. The van der Waals surface area contributed by atoms with Gasteiger partial charge in [0.15, 0.2) is 0 Å². The summed E-state index contributed by atoms with van der Waals surface area (Å²) in [5.41, 5.74) is 7.35. The zero-order valence-corrected chi connectivity index (χ0v) is 11.0. The highest BCUT2D eigenvalue weighted by molar-refractivity contribution is 7.09. The molecule has 1 unspecified atom stereocenters. The van der Waals surface area contributed by atoms with Gasteiger partial charge in [-0.2, -0.15) is 0 Å². The Bertz CT molecular complexity index is 522. The molecule has 1 atom stereocenters. The Morgan fingerprint density at radius 3 is 2.89 bits per heavy atom. The van der Waals surface area contributed by atoms with Gasteiger partial charge in [-0.05, 0) is 36.1 Å². The Morgan fingerprint density at radius 2 is 2.22 bits per heavy atom. The number of hydrogen-bond donors (Lipinski definition) is 2. The second kappa shape index (κ2) is 5.69. The number of anilines is 1. The summed E-state index contributed by atoms with van der Waals surface area (Å²) in [6.07, 6.45) is 0. The monoisotopic (exact) mass is 260 g/mol. The van der Waals surface area contributed by atoms with E-state index >= 15 is 0 Å². The number of rotatable bonds is 4. The third-order valence-electron chi connectivity index (χ3n) is 2.82. The van der Waals surface area contributed by atoms with Gasteiger partial charge >= 0.3 is 0 Å². The molecule has 94 valence electrons. The lowest BCUT2D eigenvalue weighted by atomic mass is 10.00. The van der Waals surface area contributed by atoms with Crippen molar-refractivity contribution in [3.05, 3.63) is 52.2 Å². The van der Waals surface area contributed by atoms with E-state index in [4.69, 9.17) is 5.73 Å². The molecule has 0 aliphatic rings. The number of thiophene rings is 1. The van der Waals surface area contributed by atoms with Gasteiger partial charge in [0.2, 0.25) is 5.91 Å². The summed E-state index contributed by atoms with van der Waals surface area (Å²) >= 11 is 1.64. The molecule has 0 saturated carbocycles. The minimum Gasteiger partial charge on any atom is -0.399 e. The fourth-order valence-corrected chi connectivity index (χ4v) is 2.36. The van der Waals surface area contributed by atoms with Crippen LogP contribution in [0.15, 0.2) is 41.8 Å². The molecule has 0 aliphatic heterocycles. The minimum absolute atomic E-state index is 0.0222. The van der Waals surface area contributed by atoms with Crippen LogP contribution in [-0.2, 0) is 11.3 Å². The number of carbonyl (C=O) groups is 1. The number of amides is 1. The Hall–Kier alpha value is -1.81. The maximum absolute atomic E-state index is 12.0. The quantitative estimate of drug-likeness (QED) is 0.830. The number of nitrogens with two attached hydrogens (primary N) is 1. The van der Waals surface area contributed by atoms with Crippen LogP contribution in [0.25, 0.3) is 0 Å². The van der Waals surface area contributed by atoms with E-state index in [9.17, 15) is 4.79 Å². The van der Waals surface area contributed by atoms with Crippen molar-refractivity contribution in [3.63, 3.8) is 0 Å². The Labute approximate surface area is 111 Å². The summed E-state index contributed by atoms with van der Waals surface area (Å²) in [6, 6.07) is 11.4. The lowest BCUT2D eigenvalue weighted by Crippen LogP contribution is -2.27. The summed E-state index contributed by atoms with van der Waals surface area (Å²) in [5, 5.41) is 4.94. The summed E-state index contributed by atoms with van der Waals surface area (Å²) in [7, 11) is 0. The molecule has 3 N–H and O–H groups in total.